The van der Waals surface area contributed by atoms with Crippen molar-refractivity contribution in [3.63, 3.8) is 0 Å². The van der Waals surface area contributed by atoms with Crippen molar-refractivity contribution in [3.05, 3.63) is 82.7 Å². The highest BCUT2D eigenvalue weighted by Crippen LogP contribution is 2.31. The number of nitrogens with one attached hydrogen (secondary N) is 1. The monoisotopic (exact) mass is 454 g/mol. The van der Waals surface area contributed by atoms with Gasteiger partial charge in [0.2, 0.25) is 0 Å². The van der Waals surface area contributed by atoms with Gasteiger partial charge in [-0.2, -0.15) is 9.61 Å². The van der Waals surface area contributed by atoms with Crippen LogP contribution in [-0.2, 0) is 6.54 Å². The summed E-state index contributed by atoms with van der Waals surface area (Å²) in [6.45, 7) is 16.4. The Kier molecular flexibility index (Phi) is 6.13. The van der Waals surface area contributed by atoms with Crippen molar-refractivity contribution < 1.29 is 4.90 Å². The summed E-state index contributed by atoms with van der Waals surface area (Å²) in [7, 11) is 0. The van der Waals surface area contributed by atoms with E-state index in [1.165, 1.54) is 28.1 Å². The second-order valence-electron chi connectivity index (χ2n) is 10.1. The van der Waals surface area contributed by atoms with Crippen LogP contribution in [0.15, 0.2) is 54.6 Å². The van der Waals surface area contributed by atoms with Gasteiger partial charge in [0.05, 0.1) is 31.9 Å². The second-order valence-corrected chi connectivity index (χ2v) is 10.1. The van der Waals surface area contributed by atoms with Crippen LogP contribution < -0.4 is 9.80 Å². The molecule has 1 fully saturated rings. The van der Waals surface area contributed by atoms with Crippen molar-refractivity contribution in [2.45, 2.75) is 47.1 Å². The first kappa shape index (κ1) is 22.6. The normalized spacial score (nSPS) is 14.9. The zero-order chi connectivity index (χ0) is 23.8. The van der Waals surface area contributed by atoms with Gasteiger partial charge in [0.25, 0.3) is 0 Å². The molecule has 0 spiro atoms. The molecule has 0 amide bonds. The number of fused-ring (bicyclic) bond motifs is 1. The van der Waals surface area contributed by atoms with Crippen LogP contribution in [0.1, 0.15) is 47.8 Å². The van der Waals surface area contributed by atoms with E-state index in [1.807, 2.05) is 0 Å². The quantitative estimate of drug-likeness (QED) is 0.487. The molecule has 1 N–H and O–H groups in total. The van der Waals surface area contributed by atoms with E-state index in [1.54, 1.807) is 4.90 Å². The van der Waals surface area contributed by atoms with Crippen molar-refractivity contribution >= 4 is 11.5 Å². The molecule has 5 heteroatoms. The van der Waals surface area contributed by atoms with E-state index >= 15 is 0 Å². The minimum Gasteiger partial charge on any atom is -0.345 e. The average molecular weight is 455 g/mol. The lowest BCUT2D eigenvalue weighted by Gasteiger charge is -2.34. The van der Waals surface area contributed by atoms with Gasteiger partial charge in [-0.3, -0.25) is 0 Å². The van der Waals surface area contributed by atoms with E-state index in [0.29, 0.717) is 5.92 Å². The molecule has 3 heterocycles. The number of benzene rings is 2. The summed E-state index contributed by atoms with van der Waals surface area (Å²) in [5.74, 6) is 1.53. The van der Waals surface area contributed by atoms with Gasteiger partial charge < -0.3 is 9.80 Å². The molecule has 0 aliphatic carbocycles. The van der Waals surface area contributed by atoms with Gasteiger partial charge in [-0.05, 0) is 37.8 Å². The average Bonchev–Trinajstić information content (AvgIpc) is 3.17. The fraction of sp³-hybridized carbons (Fsp3) is 0.379. The van der Waals surface area contributed by atoms with Crippen LogP contribution >= 0.6 is 0 Å². The zero-order valence-electron chi connectivity index (χ0n) is 21.1. The number of quaternary nitrogens is 1. The Morgan fingerprint density at radius 2 is 1.68 bits per heavy atom. The minimum absolute atomic E-state index is 0.360. The van der Waals surface area contributed by atoms with Gasteiger partial charge in [-0.25, -0.2) is 4.98 Å². The number of nitrogens with zero attached hydrogens (tertiary/aromatic N) is 4. The summed E-state index contributed by atoms with van der Waals surface area (Å²) in [5, 5.41) is 4.98. The Labute approximate surface area is 203 Å². The van der Waals surface area contributed by atoms with Crippen LogP contribution in [0.2, 0.25) is 0 Å². The Bertz CT molecular complexity index is 1300. The van der Waals surface area contributed by atoms with Gasteiger partial charge in [-0.1, -0.05) is 67.9 Å². The molecule has 0 unspecified atom stereocenters. The van der Waals surface area contributed by atoms with E-state index < -0.39 is 0 Å². The summed E-state index contributed by atoms with van der Waals surface area (Å²) >= 11 is 0. The number of anilines is 1. The predicted molar refractivity (Wildman–Crippen MR) is 140 cm³/mol. The van der Waals surface area contributed by atoms with Gasteiger partial charge in [0.1, 0.15) is 12.4 Å². The van der Waals surface area contributed by atoms with E-state index in [4.69, 9.17) is 10.1 Å². The van der Waals surface area contributed by atoms with E-state index in [2.05, 4.69) is 98.6 Å². The maximum Gasteiger partial charge on any atom is 0.165 e. The molecule has 2 aromatic heterocycles. The Morgan fingerprint density at radius 3 is 2.35 bits per heavy atom. The molecule has 1 aliphatic heterocycles. The molecule has 0 saturated carbocycles. The van der Waals surface area contributed by atoms with Crippen LogP contribution in [0.25, 0.3) is 16.8 Å². The van der Waals surface area contributed by atoms with Crippen molar-refractivity contribution in [1.29, 1.82) is 0 Å². The molecule has 34 heavy (non-hydrogen) atoms. The van der Waals surface area contributed by atoms with Gasteiger partial charge in [0, 0.05) is 22.9 Å². The van der Waals surface area contributed by atoms with E-state index in [9.17, 15) is 0 Å². The summed E-state index contributed by atoms with van der Waals surface area (Å²) in [5.41, 5.74) is 9.67. The number of hydrogen-bond acceptors (Lipinski definition) is 3. The zero-order valence-corrected chi connectivity index (χ0v) is 21.1. The highest BCUT2D eigenvalue weighted by molar-refractivity contribution is 5.81. The van der Waals surface area contributed by atoms with Crippen LogP contribution in [0.5, 0.6) is 0 Å². The van der Waals surface area contributed by atoms with Crippen LogP contribution in [0, 0.1) is 20.8 Å². The van der Waals surface area contributed by atoms with Crippen LogP contribution in [-0.4, -0.2) is 40.8 Å². The lowest BCUT2D eigenvalue weighted by atomic mass is 10.0. The predicted octanol–water partition coefficient (Wildman–Crippen LogP) is 4.35. The molecule has 2 aromatic carbocycles. The fourth-order valence-electron chi connectivity index (χ4n) is 5.13. The van der Waals surface area contributed by atoms with Crippen LogP contribution in [0.3, 0.4) is 0 Å². The summed E-state index contributed by atoms with van der Waals surface area (Å²) in [6.07, 6.45) is 0. The Morgan fingerprint density at radius 1 is 0.941 bits per heavy atom. The highest BCUT2D eigenvalue weighted by atomic mass is 15.4. The lowest BCUT2D eigenvalue weighted by Crippen LogP contribution is -3.13. The third-order valence-electron chi connectivity index (χ3n) is 7.15. The van der Waals surface area contributed by atoms with E-state index in [-0.39, 0.29) is 0 Å². The fourth-order valence-corrected chi connectivity index (χ4v) is 5.13. The van der Waals surface area contributed by atoms with E-state index in [0.717, 1.165) is 55.3 Å². The number of piperazine rings is 1. The van der Waals surface area contributed by atoms with Gasteiger partial charge in [-0.15, -0.1) is 0 Å². The maximum atomic E-state index is 5.08. The third kappa shape index (κ3) is 4.32. The SMILES string of the molecule is Cc1ccc(C[NH+]2CCN(c3cc(C(C)C)nc4c(-c5ccccc5)c(C)nn34)CC2)c(C)c1. The molecule has 0 bridgehead atoms. The number of aromatic nitrogens is 3. The molecule has 5 nitrogen and oxygen atoms in total. The first-order chi connectivity index (χ1) is 16.4. The molecule has 5 rings (SSSR count). The molecular formula is C29H36N5+. The molecule has 176 valence electrons. The third-order valence-corrected chi connectivity index (χ3v) is 7.15. The van der Waals surface area contributed by atoms with Crippen molar-refractivity contribution in [1.82, 2.24) is 14.6 Å². The second kappa shape index (κ2) is 9.22. The Hall–Kier alpha value is -3.18. The topological polar surface area (TPSA) is 37.9 Å². The molecule has 0 atom stereocenters. The molecule has 1 aliphatic rings. The first-order valence-corrected chi connectivity index (χ1v) is 12.5. The lowest BCUT2D eigenvalue weighted by molar-refractivity contribution is -0.914. The standard InChI is InChI=1S/C29H35N5/c1-20(2)26-18-27(34-29(30-26)28(23(5)31-34)24-9-7-6-8-10-24)33-15-13-32(14-16-33)19-25-12-11-21(3)17-22(25)4/h6-12,17-18,20H,13-16,19H2,1-5H3/p+1. The highest BCUT2D eigenvalue weighted by Gasteiger charge is 2.25. The molecular weight excluding hydrogens is 418 g/mol. The van der Waals surface area contributed by atoms with Crippen molar-refractivity contribution in [2.24, 2.45) is 0 Å². The summed E-state index contributed by atoms with van der Waals surface area (Å²) < 4.78 is 2.08. The molecule has 0 radical (unpaired) electrons. The summed E-state index contributed by atoms with van der Waals surface area (Å²) in [6, 6.07) is 19.7. The van der Waals surface area contributed by atoms with Crippen molar-refractivity contribution in [2.75, 3.05) is 31.1 Å². The molecule has 1 saturated heterocycles. The maximum absolute atomic E-state index is 5.08. The number of hydrogen-bond donors (Lipinski definition) is 1. The van der Waals surface area contributed by atoms with Gasteiger partial charge >= 0.3 is 0 Å². The van der Waals surface area contributed by atoms with Crippen molar-refractivity contribution in [3.8, 4) is 11.1 Å². The first-order valence-electron chi connectivity index (χ1n) is 12.5. The number of aryl methyl sites for hydroxylation is 3. The van der Waals surface area contributed by atoms with Crippen LogP contribution in [0.4, 0.5) is 5.82 Å². The smallest absolute Gasteiger partial charge is 0.165 e. The van der Waals surface area contributed by atoms with Gasteiger partial charge in [0.15, 0.2) is 5.65 Å². The molecule has 4 aromatic rings. The largest absolute Gasteiger partial charge is 0.345 e. The summed E-state index contributed by atoms with van der Waals surface area (Å²) in [4.78, 5) is 9.24. The Balaban J connectivity index is 1.45. The minimum atomic E-state index is 0.360. The number of rotatable bonds is 5.